The molecule has 2 amide bonds. The minimum absolute atomic E-state index is 0.0602. The average Bonchev–Trinajstić information content (AvgIpc) is 2.85. The van der Waals surface area contributed by atoms with E-state index in [2.05, 4.69) is 15.2 Å². The van der Waals surface area contributed by atoms with E-state index >= 15 is 0 Å². The Morgan fingerprint density at radius 2 is 1.86 bits per heavy atom. The van der Waals surface area contributed by atoms with Gasteiger partial charge < -0.3 is 19.7 Å². The number of nitrogens with one attached hydrogen (secondary N) is 1. The molecule has 1 aliphatic heterocycles. The van der Waals surface area contributed by atoms with Gasteiger partial charge in [0.05, 0.1) is 23.0 Å². The molecule has 1 aliphatic rings. The second-order valence-corrected chi connectivity index (χ2v) is 9.81. The maximum Gasteiger partial charge on any atom is 0.261 e. The minimum Gasteiger partial charge on any atom is -0.368 e. The standard InChI is InChI=1S/C25H29N5O5S/c1-17-11-19(3-4-20(17)15-36(34)35)13-26-24(32)14-30-16-27-23-6-5-21(12-22(23)25(30)33)29-9-7-28(8-10-29)18(2)31/h3-6,11-12,16H,7-10,13-15H2,1-2H3,(H,26,32)(H,34,35). The van der Waals surface area contributed by atoms with Crippen molar-refractivity contribution in [2.24, 2.45) is 0 Å². The van der Waals surface area contributed by atoms with Crippen LogP contribution in [0.2, 0.25) is 0 Å². The first kappa shape index (κ1) is 25.5. The number of hydrogen-bond acceptors (Lipinski definition) is 6. The molecule has 36 heavy (non-hydrogen) atoms. The van der Waals surface area contributed by atoms with Crippen LogP contribution in [0.1, 0.15) is 23.6 Å². The number of aryl methyl sites for hydroxylation is 1. The maximum atomic E-state index is 13.1. The smallest absolute Gasteiger partial charge is 0.261 e. The summed E-state index contributed by atoms with van der Waals surface area (Å²) >= 11 is -1.91. The van der Waals surface area contributed by atoms with E-state index in [1.807, 2.05) is 19.1 Å². The lowest BCUT2D eigenvalue weighted by molar-refractivity contribution is -0.129. The highest BCUT2D eigenvalue weighted by Crippen LogP contribution is 2.20. The van der Waals surface area contributed by atoms with Gasteiger partial charge in [-0.25, -0.2) is 9.19 Å². The Hall–Kier alpha value is -3.57. The van der Waals surface area contributed by atoms with Gasteiger partial charge in [0.1, 0.15) is 6.54 Å². The summed E-state index contributed by atoms with van der Waals surface area (Å²) in [4.78, 5) is 45.5. The van der Waals surface area contributed by atoms with Crippen molar-refractivity contribution in [3.63, 3.8) is 0 Å². The van der Waals surface area contributed by atoms with Crippen molar-refractivity contribution < 1.29 is 18.4 Å². The first-order chi connectivity index (χ1) is 17.2. The summed E-state index contributed by atoms with van der Waals surface area (Å²) in [6, 6.07) is 11.0. The SMILES string of the molecule is CC(=O)N1CCN(c2ccc3ncn(CC(=O)NCc4ccc(CS(=O)O)c(C)c4)c(=O)c3c2)CC1. The third kappa shape index (κ3) is 5.97. The molecule has 0 radical (unpaired) electrons. The molecule has 0 saturated carbocycles. The molecule has 10 nitrogen and oxygen atoms in total. The molecular formula is C25H29N5O5S. The fourth-order valence-corrected chi connectivity index (χ4v) is 4.90. The molecule has 1 aromatic heterocycles. The van der Waals surface area contributed by atoms with Crippen LogP contribution in [0.5, 0.6) is 0 Å². The highest BCUT2D eigenvalue weighted by Gasteiger charge is 2.19. The number of benzene rings is 2. The van der Waals surface area contributed by atoms with Gasteiger partial charge in [-0.15, -0.1) is 0 Å². The van der Waals surface area contributed by atoms with Crippen LogP contribution in [0, 0.1) is 6.92 Å². The molecule has 1 saturated heterocycles. The molecule has 3 aromatic rings. The highest BCUT2D eigenvalue weighted by molar-refractivity contribution is 7.78. The van der Waals surface area contributed by atoms with Crippen LogP contribution in [-0.4, -0.2) is 61.2 Å². The van der Waals surface area contributed by atoms with Crippen LogP contribution < -0.4 is 15.8 Å². The average molecular weight is 512 g/mol. The van der Waals surface area contributed by atoms with Crippen molar-refractivity contribution in [3.05, 3.63) is 69.8 Å². The summed E-state index contributed by atoms with van der Waals surface area (Å²) in [5, 5.41) is 3.24. The predicted octanol–water partition coefficient (Wildman–Crippen LogP) is 1.41. The van der Waals surface area contributed by atoms with Crippen molar-refractivity contribution in [2.45, 2.75) is 32.7 Å². The van der Waals surface area contributed by atoms with Gasteiger partial charge in [-0.3, -0.25) is 19.0 Å². The van der Waals surface area contributed by atoms with E-state index in [1.165, 1.54) is 10.9 Å². The van der Waals surface area contributed by atoms with Crippen molar-refractivity contribution in [1.29, 1.82) is 0 Å². The molecule has 2 N–H and O–H groups in total. The van der Waals surface area contributed by atoms with Crippen molar-refractivity contribution >= 4 is 39.5 Å². The number of carbonyl (C=O) groups excluding carboxylic acids is 2. The van der Waals surface area contributed by atoms with E-state index in [0.29, 0.717) is 37.1 Å². The van der Waals surface area contributed by atoms with E-state index in [-0.39, 0.29) is 36.2 Å². The van der Waals surface area contributed by atoms with Crippen molar-refractivity contribution in [2.75, 3.05) is 31.1 Å². The molecule has 1 unspecified atom stereocenters. The molecule has 2 heterocycles. The fraction of sp³-hybridized carbons (Fsp3) is 0.360. The second kappa shape index (κ2) is 11.0. The molecule has 0 bridgehead atoms. The lowest BCUT2D eigenvalue weighted by Crippen LogP contribution is -2.48. The third-order valence-corrected chi connectivity index (χ3v) is 6.95. The number of nitrogens with zero attached hydrogens (tertiary/aromatic N) is 4. The number of amides is 2. The molecule has 2 aromatic carbocycles. The van der Waals surface area contributed by atoms with E-state index in [9.17, 15) is 18.6 Å². The number of piperazine rings is 1. The molecule has 1 fully saturated rings. The number of fused-ring (bicyclic) bond motifs is 1. The molecule has 1 atom stereocenters. The van der Waals surface area contributed by atoms with E-state index in [0.717, 1.165) is 22.4 Å². The maximum absolute atomic E-state index is 13.1. The molecule has 11 heteroatoms. The number of carbonyl (C=O) groups is 2. The topological polar surface area (TPSA) is 125 Å². The Kier molecular flexibility index (Phi) is 7.80. The van der Waals surface area contributed by atoms with E-state index in [1.54, 1.807) is 36.1 Å². The summed E-state index contributed by atoms with van der Waals surface area (Å²) in [6.45, 7) is 6.15. The summed E-state index contributed by atoms with van der Waals surface area (Å²) in [6.07, 6.45) is 1.38. The normalized spacial score (nSPS) is 14.6. The lowest BCUT2D eigenvalue weighted by Gasteiger charge is -2.35. The van der Waals surface area contributed by atoms with Crippen LogP contribution in [0.4, 0.5) is 5.69 Å². The fourth-order valence-electron chi connectivity index (χ4n) is 4.31. The minimum atomic E-state index is -1.91. The Bertz CT molecular complexity index is 1380. The monoisotopic (exact) mass is 511 g/mol. The number of rotatable bonds is 7. The molecular weight excluding hydrogens is 482 g/mol. The predicted molar refractivity (Wildman–Crippen MR) is 138 cm³/mol. The first-order valence-corrected chi connectivity index (χ1v) is 12.9. The Morgan fingerprint density at radius 3 is 2.53 bits per heavy atom. The molecule has 4 rings (SSSR count). The van der Waals surface area contributed by atoms with E-state index < -0.39 is 11.1 Å². The highest BCUT2D eigenvalue weighted by atomic mass is 32.2. The Balaban J connectivity index is 1.42. The summed E-state index contributed by atoms with van der Waals surface area (Å²) in [7, 11) is 0. The van der Waals surface area contributed by atoms with Gasteiger partial charge in [0.15, 0.2) is 11.1 Å². The quantitative estimate of drug-likeness (QED) is 0.460. The number of anilines is 1. The van der Waals surface area contributed by atoms with Gasteiger partial charge >= 0.3 is 0 Å². The van der Waals surface area contributed by atoms with Gasteiger partial charge in [0, 0.05) is 45.3 Å². The first-order valence-electron chi connectivity index (χ1n) is 11.6. The van der Waals surface area contributed by atoms with Gasteiger partial charge in [-0.1, -0.05) is 18.2 Å². The number of aromatic nitrogens is 2. The zero-order valence-electron chi connectivity index (χ0n) is 20.3. The summed E-state index contributed by atoms with van der Waals surface area (Å²) < 4.78 is 21.4. The van der Waals surface area contributed by atoms with Crippen LogP contribution >= 0.6 is 0 Å². The van der Waals surface area contributed by atoms with Gasteiger partial charge in [0.25, 0.3) is 5.56 Å². The second-order valence-electron chi connectivity index (χ2n) is 8.88. The molecule has 0 spiro atoms. The third-order valence-electron chi connectivity index (χ3n) is 6.39. The molecule has 190 valence electrons. The van der Waals surface area contributed by atoms with Gasteiger partial charge in [-0.2, -0.15) is 0 Å². The van der Waals surface area contributed by atoms with Gasteiger partial charge in [0.2, 0.25) is 11.8 Å². The van der Waals surface area contributed by atoms with Crippen LogP contribution in [-0.2, 0) is 39.5 Å². The zero-order valence-corrected chi connectivity index (χ0v) is 21.1. The summed E-state index contributed by atoms with van der Waals surface area (Å²) in [5.41, 5.74) is 3.65. The van der Waals surface area contributed by atoms with E-state index in [4.69, 9.17) is 4.55 Å². The largest absolute Gasteiger partial charge is 0.368 e. The van der Waals surface area contributed by atoms with Crippen LogP contribution in [0.3, 0.4) is 0 Å². The van der Waals surface area contributed by atoms with Gasteiger partial charge in [-0.05, 0) is 41.8 Å². The summed E-state index contributed by atoms with van der Waals surface area (Å²) in [5.74, 6) is -0.204. The van der Waals surface area contributed by atoms with Crippen molar-refractivity contribution in [1.82, 2.24) is 19.8 Å². The number of hydrogen-bond donors (Lipinski definition) is 2. The zero-order chi connectivity index (χ0) is 25.8. The van der Waals surface area contributed by atoms with Crippen LogP contribution in [0.15, 0.2) is 47.5 Å². The van der Waals surface area contributed by atoms with Crippen LogP contribution in [0.25, 0.3) is 10.9 Å². The Morgan fingerprint density at radius 1 is 1.11 bits per heavy atom. The van der Waals surface area contributed by atoms with Crippen molar-refractivity contribution in [3.8, 4) is 0 Å². The molecule has 0 aliphatic carbocycles. The Labute approximate surface area is 211 Å². The lowest BCUT2D eigenvalue weighted by atomic mass is 10.1.